The first-order valence-corrected chi connectivity index (χ1v) is 5.03. The molecule has 13 heavy (non-hydrogen) atoms. The summed E-state index contributed by atoms with van der Waals surface area (Å²) < 4.78 is 1.99. The molecule has 66 valence electrons. The van der Waals surface area contributed by atoms with Gasteiger partial charge in [-0.1, -0.05) is 22.0 Å². The number of allylic oxidation sites excluding steroid dienone is 1. The topological polar surface area (TPSA) is 30.2 Å². The zero-order chi connectivity index (χ0) is 9.10. The molecule has 0 spiro atoms. The number of hydrogen-bond donors (Lipinski definition) is 0. The highest BCUT2D eigenvalue weighted by atomic mass is 79.9. The average Bonchev–Trinajstić information content (AvgIpc) is 2.58. The smallest absolute Gasteiger partial charge is 0.155 e. The zero-order valence-electron chi connectivity index (χ0n) is 6.89. The molecule has 0 aliphatic heterocycles. The second-order valence-corrected chi connectivity index (χ2v) is 3.19. The van der Waals surface area contributed by atoms with Crippen molar-refractivity contribution in [1.82, 2.24) is 14.4 Å². The molecule has 0 atom stereocenters. The van der Waals surface area contributed by atoms with Gasteiger partial charge in [-0.15, -0.1) is 0 Å². The van der Waals surface area contributed by atoms with E-state index in [4.69, 9.17) is 0 Å². The molecule has 0 unspecified atom stereocenters. The van der Waals surface area contributed by atoms with Gasteiger partial charge in [0.1, 0.15) is 0 Å². The van der Waals surface area contributed by atoms with Gasteiger partial charge in [0.2, 0.25) is 0 Å². The van der Waals surface area contributed by atoms with Crippen LogP contribution in [0.5, 0.6) is 0 Å². The highest BCUT2D eigenvalue weighted by molar-refractivity contribution is 9.09. The van der Waals surface area contributed by atoms with Crippen LogP contribution in [0.2, 0.25) is 0 Å². The monoisotopic (exact) mass is 237 g/mol. The maximum Gasteiger partial charge on any atom is 0.155 e. The molecule has 4 heteroatoms. The van der Waals surface area contributed by atoms with Crippen LogP contribution in [0.25, 0.3) is 11.7 Å². The Kier molecular flexibility index (Phi) is 2.40. The normalized spacial score (nSPS) is 11.5. The number of nitrogens with zero attached hydrogens (tertiary/aromatic N) is 3. The quantitative estimate of drug-likeness (QED) is 0.750. The Hall–Kier alpha value is -1.16. The Morgan fingerprint density at radius 2 is 2.38 bits per heavy atom. The fourth-order valence-electron chi connectivity index (χ4n) is 1.15. The summed E-state index contributed by atoms with van der Waals surface area (Å²) in [5.74, 6) is 0. The summed E-state index contributed by atoms with van der Waals surface area (Å²) in [7, 11) is 0. The maximum absolute atomic E-state index is 4.21. The molecule has 0 radical (unpaired) electrons. The van der Waals surface area contributed by atoms with Crippen molar-refractivity contribution in [2.24, 2.45) is 0 Å². The first-order chi connectivity index (χ1) is 6.42. The molecule has 0 saturated carbocycles. The van der Waals surface area contributed by atoms with E-state index in [1.807, 2.05) is 28.9 Å². The van der Waals surface area contributed by atoms with Crippen LogP contribution in [0.15, 0.2) is 30.9 Å². The van der Waals surface area contributed by atoms with Gasteiger partial charge in [0.15, 0.2) is 5.65 Å². The second-order valence-electron chi connectivity index (χ2n) is 2.54. The van der Waals surface area contributed by atoms with Gasteiger partial charge in [-0.05, 0) is 6.08 Å². The average molecular weight is 238 g/mol. The molecular formula is C9H8BrN3. The standard InChI is InChI=1S/C9H8BrN3/c10-3-1-2-8-6-12-9-7-11-4-5-13(8)9/h1-2,4-7H,3H2. The zero-order valence-corrected chi connectivity index (χ0v) is 8.48. The molecular weight excluding hydrogens is 230 g/mol. The first-order valence-electron chi connectivity index (χ1n) is 3.91. The van der Waals surface area contributed by atoms with Crippen LogP contribution < -0.4 is 0 Å². The lowest BCUT2D eigenvalue weighted by Crippen LogP contribution is -1.86. The van der Waals surface area contributed by atoms with Gasteiger partial charge >= 0.3 is 0 Å². The Morgan fingerprint density at radius 3 is 3.23 bits per heavy atom. The largest absolute Gasteiger partial charge is 0.297 e. The van der Waals surface area contributed by atoms with E-state index in [9.17, 15) is 0 Å². The Labute approximate surface area is 84.3 Å². The predicted octanol–water partition coefficient (Wildman–Crippen LogP) is 2.14. The van der Waals surface area contributed by atoms with Crippen molar-refractivity contribution >= 4 is 27.7 Å². The predicted molar refractivity (Wildman–Crippen MR) is 55.8 cm³/mol. The molecule has 2 heterocycles. The van der Waals surface area contributed by atoms with Gasteiger partial charge in [-0.3, -0.25) is 9.38 Å². The van der Waals surface area contributed by atoms with Gasteiger partial charge in [0.25, 0.3) is 0 Å². The third kappa shape index (κ3) is 1.62. The van der Waals surface area contributed by atoms with Crippen LogP contribution in [0.4, 0.5) is 0 Å². The molecule has 0 aliphatic rings. The van der Waals surface area contributed by atoms with Crippen molar-refractivity contribution in [3.05, 3.63) is 36.6 Å². The first kappa shape index (κ1) is 8.44. The van der Waals surface area contributed by atoms with Crippen LogP contribution in [-0.2, 0) is 0 Å². The number of imidazole rings is 1. The molecule has 2 rings (SSSR count). The number of aromatic nitrogens is 3. The Morgan fingerprint density at radius 1 is 1.46 bits per heavy atom. The lowest BCUT2D eigenvalue weighted by atomic mass is 10.4. The van der Waals surface area contributed by atoms with Gasteiger partial charge < -0.3 is 0 Å². The van der Waals surface area contributed by atoms with Gasteiger partial charge in [0.05, 0.1) is 18.1 Å². The fraction of sp³-hybridized carbons (Fsp3) is 0.111. The summed E-state index contributed by atoms with van der Waals surface area (Å²) in [6.45, 7) is 0. The summed E-state index contributed by atoms with van der Waals surface area (Å²) >= 11 is 3.33. The van der Waals surface area contributed by atoms with Gasteiger partial charge in [-0.2, -0.15) is 0 Å². The molecule has 0 bridgehead atoms. The van der Waals surface area contributed by atoms with Gasteiger partial charge in [0, 0.05) is 17.7 Å². The van der Waals surface area contributed by atoms with Crippen molar-refractivity contribution in [3.63, 3.8) is 0 Å². The third-order valence-electron chi connectivity index (χ3n) is 1.72. The number of fused-ring (bicyclic) bond motifs is 1. The minimum absolute atomic E-state index is 0.852. The molecule has 3 nitrogen and oxygen atoms in total. The summed E-state index contributed by atoms with van der Waals surface area (Å²) in [4.78, 5) is 8.20. The number of alkyl halides is 1. The Balaban J connectivity index is 2.52. The summed E-state index contributed by atoms with van der Waals surface area (Å²) in [6.07, 6.45) is 11.3. The summed E-state index contributed by atoms with van der Waals surface area (Å²) in [5, 5.41) is 0.852. The van der Waals surface area contributed by atoms with Crippen molar-refractivity contribution in [2.45, 2.75) is 0 Å². The van der Waals surface area contributed by atoms with E-state index in [-0.39, 0.29) is 0 Å². The van der Waals surface area contributed by atoms with Crippen molar-refractivity contribution in [2.75, 3.05) is 5.33 Å². The van der Waals surface area contributed by atoms with Crippen LogP contribution in [0, 0.1) is 0 Å². The van der Waals surface area contributed by atoms with Crippen molar-refractivity contribution in [1.29, 1.82) is 0 Å². The molecule has 0 N–H and O–H groups in total. The third-order valence-corrected chi connectivity index (χ3v) is 2.10. The lowest BCUT2D eigenvalue weighted by Gasteiger charge is -1.93. The second kappa shape index (κ2) is 3.70. The van der Waals surface area contributed by atoms with E-state index in [1.165, 1.54) is 0 Å². The Bertz CT molecular complexity index is 433. The van der Waals surface area contributed by atoms with E-state index in [0.29, 0.717) is 0 Å². The molecule has 0 amide bonds. The van der Waals surface area contributed by atoms with Crippen LogP contribution in [0.1, 0.15) is 5.69 Å². The van der Waals surface area contributed by atoms with Crippen molar-refractivity contribution in [3.8, 4) is 0 Å². The highest BCUT2D eigenvalue weighted by Crippen LogP contribution is 2.06. The molecule has 0 saturated heterocycles. The fourth-order valence-corrected chi connectivity index (χ4v) is 1.34. The van der Waals surface area contributed by atoms with E-state index < -0.39 is 0 Å². The minimum atomic E-state index is 0.852. The summed E-state index contributed by atoms with van der Waals surface area (Å²) in [5.41, 5.74) is 1.94. The van der Waals surface area contributed by atoms with Crippen molar-refractivity contribution < 1.29 is 0 Å². The molecule has 0 aliphatic carbocycles. The van der Waals surface area contributed by atoms with E-state index in [1.54, 1.807) is 12.4 Å². The highest BCUT2D eigenvalue weighted by Gasteiger charge is 1.97. The maximum atomic E-state index is 4.21. The lowest BCUT2D eigenvalue weighted by molar-refractivity contribution is 1.11. The molecule has 0 aromatic carbocycles. The van der Waals surface area contributed by atoms with E-state index in [2.05, 4.69) is 25.9 Å². The molecule has 0 fully saturated rings. The van der Waals surface area contributed by atoms with E-state index >= 15 is 0 Å². The van der Waals surface area contributed by atoms with Crippen LogP contribution >= 0.6 is 15.9 Å². The SMILES string of the molecule is BrCC=Cc1cnc2cnccn12. The van der Waals surface area contributed by atoms with Crippen LogP contribution in [0.3, 0.4) is 0 Å². The van der Waals surface area contributed by atoms with E-state index in [0.717, 1.165) is 16.7 Å². The number of hydrogen-bond acceptors (Lipinski definition) is 2. The molecule has 2 aromatic rings. The minimum Gasteiger partial charge on any atom is -0.297 e. The van der Waals surface area contributed by atoms with Crippen LogP contribution in [-0.4, -0.2) is 19.7 Å². The molecule has 2 aromatic heterocycles. The number of rotatable bonds is 2. The summed E-state index contributed by atoms with van der Waals surface area (Å²) in [6, 6.07) is 0. The van der Waals surface area contributed by atoms with Gasteiger partial charge in [-0.25, -0.2) is 4.98 Å². The number of halogens is 1.